The van der Waals surface area contributed by atoms with Crippen LogP contribution < -0.4 is 10.5 Å². The molecule has 0 saturated heterocycles. The third kappa shape index (κ3) is 3.61. The van der Waals surface area contributed by atoms with Gasteiger partial charge in [0.1, 0.15) is 17.9 Å². The van der Waals surface area contributed by atoms with E-state index < -0.39 is 0 Å². The molecule has 0 bridgehead atoms. The van der Waals surface area contributed by atoms with Crippen molar-refractivity contribution in [2.45, 2.75) is 6.54 Å². The number of pyridine rings is 1. The van der Waals surface area contributed by atoms with E-state index in [1.165, 1.54) is 0 Å². The van der Waals surface area contributed by atoms with Gasteiger partial charge in [0.05, 0.1) is 31.1 Å². The van der Waals surface area contributed by atoms with Crippen LogP contribution in [-0.4, -0.2) is 34.9 Å². The van der Waals surface area contributed by atoms with Crippen LogP contribution in [0.4, 0.5) is 5.82 Å². The molecular weight excluding hydrogens is 352 g/mol. The molecule has 28 heavy (non-hydrogen) atoms. The van der Waals surface area contributed by atoms with Crippen LogP contribution >= 0.6 is 0 Å². The van der Waals surface area contributed by atoms with Gasteiger partial charge in [0.25, 0.3) is 0 Å². The van der Waals surface area contributed by atoms with Gasteiger partial charge < -0.3 is 19.8 Å². The van der Waals surface area contributed by atoms with Crippen molar-refractivity contribution >= 4 is 27.8 Å². The number of hydrogen-bond donors (Lipinski definition) is 1. The molecule has 2 aromatic carbocycles. The zero-order chi connectivity index (χ0) is 19.3. The summed E-state index contributed by atoms with van der Waals surface area (Å²) in [6.07, 6.45) is 1.78. The molecule has 2 N–H and O–H groups in total. The SMILES string of the molecule is COc1ccc(C#CCOCCn2cnc3c(N)nc4ccccc4c32)cc1. The Morgan fingerprint density at radius 1 is 1.11 bits per heavy atom. The number of methoxy groups -OCH3 is 1. The number of nitrogens with two attached hydrogens (primary N) is 1. The molecule has 4 aromatic rings. The maximum atomic E-state index is 6.06. The summed E-state index contributed by atoms with van der Waals surface area (Å²) in [6.45, 7) is 1.55. The number of hydrogen-bond acceptors (Lipinski definition) is 5. The molecule has 6 heteroatoms. The third-order valence-corrected chi connectivity index (χ3v) is 4.45. The lowest BCUT2D eigenvalue weighted by Crippen LogP contribution is -2.06. The van der Waals surface area contributed by atoms with Gasteiger partial charge in [0.15, 0.2) is 5.82 Å². The molecular formula is C22H20N4O2. The van der Waals surface area contributed by atoms with Gasteiger partial charge in [-0.1, -0.05) is 30.0 Å². The highest BCUT2D eigenvalue weighted by atomic mass is 16.5. The van der Waals surface area contributed by atoms with E-state index in [9.17, 15) is 0 Å². The summed E-state index contributed by atoms with van der Waals surface area (Å²) in [7, 11) is 1.64. The van der Waals surface area contributed by atoms with Gasteiger partial charge in [0, 0.05) is 17.5 Å². The fourth-order valence-corrected chi connectivity index (χ4v) is 3.07. The molecule has 2 aromatic heterocycles. The molecule has 2 heterocycles. The number of imidazole rings is 1. The summed E-state index contributed by atoms with van der Waals surface area (Å²) in [5, 5.41) is 1.03. The molecule has 0 unspecified atom stereocenters. The van der Waals surface area contributed by atoms with E-state index >= 15 is 0 Å². The third-order valence-electron chi connectivity index (χ3n) is 4.45. The quantitative estimate of drug-likeness (QED) is 0.430. The molecule has 0 amide bonds. The zero-order valence-corrected chi connectivity index (χ0v) is 15.6. The van der Waals surface area contributed by atoms with Crippen LogP contribution in [0, 0.1) is 11.8 Å². The number of aromatic nitrogens is 3. The van der Waals surface area contributed by atoms with E-state index in [2.05, 4.69) is 21.8 Å². The van der Waals surface area contributed by atoms with Crippen LogP contribution in [-0.2, 0) is 11.3 Å². The first-order chi connectivity index (χ1) is 13.8. The first-order valence-electron chi connectivity index (χ1n) is 8.96. The number of nitrogens with zero attached hydrogens (tertiary/aromatic N) is 3. The molecule has 0 saturated carbocycles. The molecule has 6 nitrogen and oxygen atoms in total. The van der Waals surface area contributed by atoms with E-state index in [4.69, 9.17) is 15.2 Å². The topological polar surface area (TPSA) is 75.2 Å². The van der Waals surface area contributed by atoms with Gasteiger partial charge in [-0.3, -0.25) is 0 Å². The minimum absolute atomic E-state index is 0.364. The van der Waals surface area contributed by atoms with Crippen LogP contribution in [0.15, 0.2) is 54.9 Å². The standard InChI is InChI=1S/C22H20N4O2/c1-27-17-10-8-16(9-11-17)5-4-13-28-14-12-26-15-24-20-21(26)18-6-2-3-7-19(18)25-22(20)23/h2-3,6-11,15H,12-14H2,1H3,(H2,23,25). The van der Waals surface area contributed by atoms with E-state index in [0.717, 1.165) is 33.2 Å². The maximum absolute atomic E-state index is 6.06. The van der Waals surface area contributed by atoms with Crippen molar-refractivity contribution in [3.05, 3.63) is 60.4 Å². The second-order valence-corrected chi connectivity index (χ2v) is 6.23. The van der Waals surface area contributed by atoms with Crippen LogP contribution in [0.3, 0.4) is 0 Å². The van der Waals surface area contributed by atoms with Crippen molar-refractivity contribution in [3.8, 4) is 17.6 Å². The predicted octanol–water partition coefficient (Wildman–Crippen LogP) is 3.24. The Hall–Kier alpha value is -3.56. The smallest absolute Gasteiger partial charge is 0.152 e. The second kappa shape index (κ2) is 7.99. The highest BCUT2D eigenvalue weighted by Crippen LogP contribution is 2.26. The lowest BCUT2D eigenvalue weighted by atomic mass is 10.2. The largest absolute Gasteiger partial charge is 0.497 e. The highest BCUT2D eigenvalue weighted by molar-refractivity contribution is 6.06. The predicted molar refractivity (Wildman–Crippen MR) is 110 cm³/mol. The van der Waals surface area contributed by atoms with Gasteiger partial charge in [0.2, 0.25) is 0 Å². The molecule has 4 rings (SSSR count). The van der Waals surface area contributed by atoms with Crippen molar-refractivity contribution < 1.29 is 9.47 Å². The summed E-state index contributed by atoms with van der Waals surface area (Å²) in [5.41, 5.74) is 9.55. The summed E-state index contributed by atoms with van der Waals surface area (Å²) in [4.78, 5) is 8.84. The van der Waals surface area contributed by atoms with Crippen molar-refractivity contribution in [1.29, 1.82) is 0 Å². The normalized spacial score (nSPS) is 10.8. The van der Waals surface area contributed by atoms with E-state index in [1.807, 2.05) is 53.1 Å². The summed E-state index contributed by atoms with van der Waals surface area (Å²) in [5.74, 6) is 7.36. The van der Waals surface area contributed by atoms with Crippen molar-refractivity contribution in [1.82, 2.24) is 14.5 Å². The number of para-hydroxylation sites is 1. The number of anilines is 1. The minimum atomic E-state index is 0.364. The Morgan fingerprint density at radius 3 is 2.75 bits per heavy atom. The van der Waals surface area contributed by atoms with Gasteiger partial charge in [-0.15, -0.1) is 0 Å². The number of benzene rings is 2. The highest BCUT2D eigenvalue weighted by Gasteiger charge is 2.11. The lowest BCUT2D eigenvalue weighted by Gasteiger charge is -2.07. The van der Waals surface area contributed by atoms with Crippen LogP contribution in [0.1, 0.15) is 5.56 Å². The summed E-state index contributed by atoms with van der Waals surface area (Å²) >= 11 is 0. The van der Waals surface area contributed by atoms with Gasteiger partial charge in [-0.2, -0.15) is 0 Å². The van der Waals surface area contributed by atoms with E-state index in [-0.39, 0.29) is 0 Å². The monoisotopic (exact) mass is 372 g/mol. The average molecular weight is 372 g/mol. The molecule has 0 spiro atoms. The Bertz CT molecular complexity index is 1170. The van der Waals surface area contributed by atoms with Crippen molar-refractivity contribution in [3.63, 3.8) is 0 Å². The minimum Gasteiger partial charge on any atom is -0.497 e. The maximum Gasteiger partial charge on any atom is 0.152 e. The van der Waals surface area contributed by atoms with Crippen LogP contribution in [0.25, 0.3) is 21.9 Å². The Labute approximate surface area is 162 Å². The van der Waals surface area contributed by atoms with E-state index in [1.54, 1.807) is 13.4 Å². The summed E-state index contributed by atoms with van der Waals surface area (Å²) < 4.78 is 12.9. The number of ether oxygens (including phenoxy) is 2. The number of rotatable bonds is 5. The molecule has 0 fully saturated rings. The van der Waals surface area contributed by atoms with Crippen molar-refractivity contribution in [2.75, 3.05) is 26.1 Å². The fourth-order valence-electron chi connectivity index (χ4n) is 3.07. The van der Waals surface area contributed by atoms with Gasteiger partial charge in [-0.25, -0.2) is 9.97 Å². The molecule has 0 aliphatic rings. The molecule has 0 atom stereocenters. The second-order valence-electron chi connectivity index (χ2n) is 6.23. The van der Waals surface area contributed by atoms with Crippen LogP contribution in [0.5, 0.6) is 5.75 Å². The van der Waals surface area contributed by atoms with Crippen molar-refractivity contribution in [2.24, 2.45) is 0 Å². The Balaban J connectivity index is 1.40. The average Bonchev–Trinajstić information content (AvgIpc) is 3.16. The molecule has 140 valence electrons. The van der Waals surface area contributed by atoms with Gasteiger partial charge >= 0.3 is 0 Å². The zero-order valence-electron chi connectivity index (χ0n) is 15.6. The fraction of sp³-hybridized carbons (Fsp3) is 0.182. The molecule has 0 aliphatic heterocycles. The first-order valence-corrected chi connectivity index (χ1v) is 8.96. The Morgan fingerprint density at radius 2 is 1.93 bits per heavy atom. The number of nitrogen functional groups attached to an aromatic ring is 1. The van der Waals surface area contributed by atoms with Gasteiger partial charge in [-0.05, 0) is 30.3 Å². The molecule has 0 aliphatic carbocycles. The van der Waals surface area contributed by atoms with E-state index in [0.29, 0.717) is 25.6 Å². The Kier molecular flexibility index (Phi) is 5.09. The van der Waals surface area contributed by atoms with Crippen LogP contribution in [0.2, 0.25) is 0 Å². The summed E-state index contributed by atoms with van der Waals surface area (Å²) in [6, 6.07) is 15.5. The first kappa shape index (κ1) is 17.8. The number of fused-ring (bicyclic) bond motifs is 3. The lowest BCUT2D eigenvalue weighted by molar-refractivity contribution is 0.158. The molecule has 0 radical (unpaired) electrons.